The maximum Gasteiger partial charge on any atom is 0.236 e. The van der Waals surface area contributed by atoms with Gasteiger partial charge in [0.05, 0.1) is 6.54 Å². The number of aryl methyl sites for hydroxylation is 1. The van der Waals surface area contributed by atoms with Crippen LogP contribution in [0.1, 0.15) is 49.7 Å². The van der Waals surface area contributed by atoms with Crippen LogP contribution in [-0.4, -0.2) is 49.1 Å². The highest BCUT2D eigenvalue weighted by atomic mass is 16.2. The SMILES string of the molecule is Cc1cccc(N2CCN(C(=O)CNC34CC5CC(CC(C5)C3)C4)CC2)c1C. The first-order valence-corrected chi connectivity index (χ1v) is 11.4. The second-order valence-corrected chi connectivity index (χ2v) is 10.1. The highest BCUT2D eigenvalue weighted by molar-refractivity contribution is 5.78. The van der Waals surface area contributed by atoms with Gasteiger partial charge in [0.1, 0.15) is 0 Å². The summed E-state index contributed by atoms with van der Waals surface area (Å²) in [6.45, 7) is 8.48. The maximum absolute atomic E-state index is 12.9. The molecule has 4 saturated carbocycles. The van der Waals surface area contributed by atoms with E-state index < -0.39 is 0 Å². The van der Waals surface area contributed by atoms with E-state index in [0.717, 1.165) is 43.9 Å². The van der Waals surface area contributed by atoms with Gasteiger partial charge in [-0.1, -0.05) is 12.1 Å². The molecule has 1 aliphatic heterocycles. The fourth-order valence-electron chi connectivity index (χ4n) is 6.98. The molecule has 1 aromatic carbocycles. The number of nitrogens with one attached hydrogen (secondary N) is 1. The van der Waals surface area contributed by atoms with E-state index in [-0.39, 0.29) is 5.54 Å². The molecule has 1 aromatic rings. The fourth-order valence-corrected chi connectivity index (χ4v) is 6.98. The number of piperazine rings is 1. The second-order valence-electron chi connectivity index (χ2n) is 10.1. The summed E-state index contributed by atoms with van der Waals surface area (Å²) in [5.74, 6) is 3.08. The molecule has 4 heteroatoms. The van der Waals surface area contributed by atoms with Gasteiger partial charge < -0.3 is 15.1 Å². The van der Waals surface area contributed by atoms with Gasteiger partial charge in [-0.25, -0.2) is 0 Å². The molecule has 5 aliphatic rings. The van der Waals surface area contributed by atoms with Crippen molar-refractivity contribution in [2.45, 2.75) is 57.9 Å². The molecule has 1 saturated heterocycles. The molecule has 4 nitrogen and oxygen atoms in total. The van der Waals surface area contributed by atoms with Gasteiger partial charge in [0.25, 0.3) is 0 Å². The standard InChI is InChI=1S/C24H35N3O/c1-17-4-3-5-22(18(17)2)26-6-8-27(9-7-26)23(28)16-25-24-13-19-10-20(14-24)12-21(11-19)15-24/h3-5,19-21,25H,6-16H2,1-2H3. The van der Waals surface area contributed by atoms with E-state index in [1.54, 1.807) is 0 Å². The maximum atomic E-state index is 12.9. The van der Waals surface area contributed by atoms with Crippen LogP contribution in [0.3, 0.4) is 0 Å². The lowest BCUT2D eigenvalue weighted by atomic mass is 9.53. The predicted octanol–water partition coefficient (Wildman–Crippen LogP) is 3.51. The zero-order valence-electron chi connectivity index (χ0n) is 17.5. The minimum Gasteiger partial charge on any atom is -0.368 e. The van der Waals surface area contributed by atoms with Crippen LogP contribution in [0.5, 0.6) is 0 Å². The van der Waals surface area contributed by atoms with Gasteiger partial charge in [-0.2, -0.15) is 0 Å². The smallest absolute Gasteiger partial charge is 0.236 e. The van der Waals surface area contributed by atoms with Crippen LogP contribution >= 0.6 is 0 Å². The number of anilines is 1. The highest BCUT2D eigenvalue weighted by Crippen LogP contribution is 2.55. The lowest BCUT2D eigenvalue weighted by Gasteiger charge is -2.57. The Balaban J connectivity index is 1.15. The number of amides is 1. The quantitative estimate of drug-likeness (QED) is 0.867. The largest absolute Gasteiger partial charge is 0.368 e. The molecule has 6 rings (SSSR count). The summed E-state index contributed by atoms with van der Waals surface area (Å²) in [5, 5.41) is 3.78. The van der Waals surface area contributed by atoms with Gasteiger partial charge in [0, 0.05) is 37.4 Å². The molecule has 0 spiro atoms. The molecule has 1 heterocycles. The third-order valence-electron chi connectivity index (χ3n) is 8.20. The summed E-state index contributed by atoms with van der Waals surface area (Å²) >= 11 is 0. The van der Waals surface area contributed by atoms with Crippen LogP contribution in [0.4, 0.5) is 5.69 Å². The number of carbonyl (C=O) groups excluding carboxylic acids is 1. The Morgan fingerprint density at radius 1 is 1.00 bits per heavy atom. The number of nitrogens with zero attached hydrogens (tertiary/aromatic N) is 2. The van der Waals surface area contributed by atoms with Crippen molar-refractivity contribution >= 4 is 11.6 Å². The summed E-state index contributed by atoms with van der Waals surface area (Å²) in [6.07, 6.45) is 8.30. The van der Waals surface area contributed by atoms with E-state index in [2.05, 4.69) is 47.2 Å². The van der Waals surface area contributed by atoms with Crippen LogP contribution < -0.4 is 10.2 Å². The van der Waals surface area contributed by atoms with Crippen molar-refractivity contribution in [1.29, 1.82) is 0 Å². The molecule has 0 radical (unpaired) electrons. The topological polar surface area (TPSA) is 35.6 Å². The van der Waals surface area contributed by atoms with E-state index in [4.69, 9.17) is 0 Å². The summed E-state index contributed by atoms with van der Waals surface area (Å²) in [6, 6.07) is 6.54. The van der Waals surface area contributed by atoms with E-state index in [1.165, 1.54) is 55.3 Å². The summed E-state index contributed by atoms with van der Waals surface area (Å²) < 4.78 is 0. The first-order valence-electron chi connectivity index (χ1n) is 11.4. The van der Waals surface area contributed by atoms with Gasteiger partial charge in [-0.15, -0.1) is 0 Å². The van der Waals surface area contributed by atoms with Crippen LogP contribution in [0.15, 0.2) is 18.2 Å². The van der Waals surface area contributed by atoms with Crippen LogP contribution in [0, 0.1) is 31.6 Å². The van der Waals surface area contributed by atoms with Gasteiger partial charge >= 0.3 is 0 Å². The molecule has 0 atom stereocenters. The van der Waals surface area contributed by atoms with Crippen molar-refractivity contribution in [3.63, 3.8) is 0 Å². The van der Waals surface area contributed by atoms with Gasteiger partial charge in [-0.05, 0) is 87.3 Å². The Kier molecular flexibility index (Phi) is 4.65. The third kappa shape index (κ3) is 3.34. The summed E-state index contributed by atoms with van der Waals surface area (Å²) in [4.78, 5) is 17.4. The van der Waals surface area contributed by atoms with Crippen LogP contribution in [0.25, 0.3) is 0 Å². The van der Waals surface area contributed by atoms with Crippen molar-refractivity contribution in [2.24, 2.45) is 17.8 Å². The Hall–Kier alpha value is -1.55. The monoisotopic (exact) mass is 381 g/mol. The average molecular weight is 382 g/mol. The van der Waals surface area contributed by atoms with Crippen molar-refractivity contribution in [3.05, 3.63) is 29.3 Å². The van der Waals surface area contributed by atoms with Crippen LogP contribution in [0.2, 0.25) is 0 Å². The molecule has 28 heavy (non-hydrogen) atoms. The Morgan fingerprint density at radius 3 is 2.21 bits per heavy atom. The molecular formula is C24H35N3O. The van der Waals surface area contributed by atoms with Crippen molar-refractivity contribution in [2.75, 3.05) is 37.6 Å². The number of carbonyl (C=O) groups is 1. The molecule has 1 N–H and O–H groups in total. The van der Waals surface area contributed by atoms with Crippen molar-refractivity contribution < 1.29 is 4.79 Å². The normalized spacial score (nSPS) is 34.1. The highest BCUT2D eigenvalue weighted by Gasteiger charge is 2.50. The number of hydrogen-bond acceptors (Lipinski definition) is 3. The zero-order chi connectivity index (χ0) is 19.3. The fraction of sp³-hybridized carbons (Fsp3) is 0.708. The molecule has 0 aromatic heterocycles. The van der Waals surface area contributed by atoms with E-state index in [9.17, 15) is 4.79 Å². The first-order chi connectivity index (χ1) is 13.5. The number of hydrogen-bond donors (Lipinski definition) is 1. The average Bonchev–Trinajstić information content (AvgIpc) is 2.67. The lowest BCUT2D eigenvalue weighted by molar-refractivity contribution is -0.131. The molecule has 4 bridgehead atoms. The first kappa shape index (κ1) is 18.5. The molecular weight excluding hydrogens is 346 g/mol. The minimum atomic E-state index is 0.283. The van der Waals surface area contributed by atoms with Crippen LogP contribution in [-0.2, 0) is 4.79 Å². The predicted molar refractivity (Wildman–Crippen MR) is 114 cm³/mol. The van der Waals surface area contributed by atoms with Gasteiger partial charge in [0.15, 0.2) is 0 Å². The minimum absolute atomic E-state index is 0.283. The Morgan fingerprint density at radius 2 is 1.61 bits per heavy atom. The van der Waals surface area contributed by atoms with E-state index in [0.29, 0.717) is 12.5 Å². The van der Waals surface area contributed by atoms with Gasteiger partial charge in [-0.3, -0.25) is 4.79 Å². The van der Waals surface area contributed by atoms with Crippen molar-refractivity contribution in [1.82, 2.24) is 10.2 Å². The zero-order valence-corrected chi connectivity index (χ0v) is 17.5. The third-order valence-corrected chi connectivity index (χ3v) is 8.20. The van der Waals surface area contributed by atoms with E-state index in [1.807, 2.05) is 0 Å². The molecule has 152 valence electrons. The Bertz CT molecular complexity index is 715. The molecule has 5 fully saturated rings. The number of benzene rings is 1. The second kappa shape index (κ2) is 7.05. The summed E-state index contributed by atoms with van der Waals surface area (Å²) in [7, 11) is 0. The van der Waals surface area contributed by atoms with Crippen molar-refractivity contribution in [3.8, 4) is 0 Å². The van der Waals surface area contributed by atoms with Gasteiger partial charge in [0.2, 0.25) is 5.91 Å². The van der Waals surface area contributed by atoms with E-state index >= 15 is 0 Å². The molecule has 1 amide bonds. The number of rotatable bonds is 4. The summed E-state index contributed by atoms with van der Waals surface area (Å²) in [5.41, 5.74) is 4.32. The lowest BCUT2D eigenvalue weighted by Crippen LogP contribution is -2.60. The molecule has 0 unspecified atom stereocenters. The Labute approximate surface area is 169 Å². The molecule has 4 aliphatic carbocycles.